The van der Waals surface area contributed by atoms with Crippen LogP contribution in [-0.2, 0) is 0 Å². The van der Waals surface area contributed by atoms with Crippen molar-refractivity contribution < 1.29 is 9.18 Å². The van der Waals surface area contributed by atoms with Crippen LogP contribution < -0.4 is 16.8 Å². The van der Waals surface area contributed by atoms with Crippen LogP contribution in [0.3, 0.4) is 0 Å². The zero-order valence-electron chi connectivity index (χ0n) is 15.2. The number of hydrogen-bond donors (Lipinski definition) is 4. The van der Waals surface area contributed by atoms with Crippen LogP contribution in [0.4, 0.5) is 4.39 Å². The molecule has 0 aliphatic heterocycles. The molecule has 0 saturated heterocycles. The van der Waals surface area contributed by atoms with Gasteiger partial charge in [0.25, 0.3) is 5.91 Å². The third-order valence-corrected chi connectivity index (χ3v) is 4.18. The smallest absolute Gasteiger partial charge is 0.287 e. The fourth-order valence-electron chi connectivity index (χ4n) is 2.72. The van der Waals surface area contributed by atoms with Crippen LogP contribution in [0.2, 0.25) is 0 Å². The summed E-state index contributed by atoms with van der Waals surface area (Å²) in [6.07, 6.45) is 1.59. The number of aromatic amines is 1. The number of carbonyl (C=O) groups is 1. The van der Waals surface area contributed by atoms with E-state index < -0.39 is 0 Å². The maximum absolute atomic E-state index is 13.1. The number of halogens is 3. The van der Waals surface area contributed by atoms with Crippen molar-refractivity contribution in [1.29, 1.82) is 0 Å². The highest BCUT2D eigenvalue weighted by atomic mass is 35.5. The number of imidazole rings is 1. The Morgan fingerprint density at radius 3 is 2.50 bits per heavy atom. The van der Waals surface area contributed by atoms with Crippen LogP contribution in [0.1, 0.15) is 23.5 Å². The van der Waals surface area contributed by atoms with Crippen LogP contribution >= 0.6 is 24.8 Å². The molecule has 6 nitrogen and oxygen atoms in total. The Balaban J connectivity index is 0.00000196. The van der Waals surface area contributed by atoms with Crippen LogP contribution in [0.5, 0.6) is 0 Å². The average molecular weight is 428 g/mol. The number of fused-ring (bicyclic) bond motifs is 1. The Kier molecular flexibility index (Phi) is 9.34. The van der Waals surface area contributed by atoms with Gasteiger partial charge in [-0.15, -0.1) is 24.8 Å². The Hall–Kier alpha value is -2.19. The van der Waals surface area contributed by atoms with Crippen molar-refractivity contribution in [3.8, 4) is 11.1 Å². The number of nitrogens with one attached hydrogen (secondary N) is 2. The summed E-state index contributed by atoms with van der Waals surface area (Å²) in [5.74, 6) is -0.340. The Morgan fingerprint density at radius 2 is 1.82 bits per heavy atom. The second kappa shape index (κ2) is 11.0. The van der Waals surface area contributed by atoms with Crippen molar-refractivity contribution in [2.45, 2.75) is 18.9 Å². The number of carbonyl (C=O) groups excluding carboxylic acids is 1. The molecule has 0 radical (unpaired) electrons. The molecule has 1 aromatic heterocycles. The monoisotopic (exact) mass is 427 g/mol. The molecular weight excluding hydrogens is 404 g/mol. The molecule has 152 valence electrons. The summed E-state index contributed by atoms with van der Waals surface area (Å²) < 4.78 is 13.1. The summed E-state index contributed by atoms with van der Waals surface area (Å²) in [4.78, 5) is 19.6. The van der Waals surface area contributed by atoms with E-state index in [4.69, 9.17) is 11.5 Å². The van der Waals surface area contributed by atoms with Gasteiger partial charge in [-0.25, -0.2) is 9.37 Å². The molecule has 2 aromatic carbocycles. The first-order valence-corrected chi connectivity index (χ1v) is 8.56. The third-order valence-electron chi connectivity index (χ3n) is 4.18. The van der Waals surface area contributed by atoms with Gasteiger partial charge in [0.2, 0.25) is 0 Å². The van der Waals surface area contributed by atoms with Gasteiger partial charge in [0.15, 0.2) is 5.82 Å². The molecule has 3 rings (SSSR count). The molecule has 9 heteroatoms. The van der Waals surface area contributed by atoms with Crippen LogP contribution in [0, 0.1) is 5.82 Å². The summed E-state index contributed by atoms with van der Waals surface area (Å²) >= 11 is 0. The Morgan fingerprint density at radius 1 is 1.14 bits per heavy atom. The second-order valence-corrected chi connectivity index (χ2v) is 6.23. The summed E-state index contributed by atoms with van der Waals surface area (Å²) in [7, 11) is 0. The van der Waals surface area contributed by atoms with Crippen molar-refractivity contribution in [3.05, 3.63) is 54.1 Å². The molecule has 0 bridgehead atoms. The topological polar surface area (TPSA) is 110 Å². The molecule has 0 spiro atoms. The third kappa shape index (κ3) is 5.90. The fourth-order valence-corrected chi connectivity index (χ4v) is 2.72. The van der Waals surface area contributed by atoms with Gasteiger partial charge in [0.05, 0.1) is 11.0 Å². The molecule has 1 atom stereocenters. The van der Waals surface area contributed by atoms with Gasteiger partial charge >= 0.3 is 0 Å². The number of aromatic nitrogens is 2. The quantitative estimate of drug-likeness (QED) is 0.464. The molecule has 0 saturated carbocycles. The first-order valence-electron chi connectivity index (χ1n) is 8.56. The minimum absolute atomic E-state index is 0. The van der Waals surface area contributed by atoms with E-state index in [0.29, 0.717) is 18.6 Å². The lowest BCUT2D eigenvalue weighted by Gasteiger charge is -2.11. The van der Waals surface area contributed by atoms with E-state index in [9.17, 15) is 9.18 Å². The van der Waals surface area contributed by atoms with E-state index >= 15 is 0 Å². The highest BCUT2D eigenvalue weighted by Crippen LogP contribution is 2.23. The minimum atomic E-state index is -0.298. The molecule has 28 heavy (non-hydrogen) atoms. The standard InChI is InChI=1S/C19H22FN5O.2ClH/c20-14-6-3-12(4-7-14)13-5-8-16-17(10-13)25-18(24-16)19(26)23-11-15(22)2-1-9-21;;/h3-8,10,15H,1-2,9,11,21-22H2,(H,23,26)(H,24,25);2*1H. The van der Waals surface area contributed by atoms with Gasteiger partial charge in [0, 0.05) is 12.6 Å². The predicted molar refractivity (Wildman–Crippen MR) is 115 cm³/mol. The Labute approximate surface area is 175 Å². The number of amides is 1. The SMILES string of the molecule is Cl.Cl.NCCCC(N)CNC(=O)c1nc2cc(-c3ccc(F)cc3)ccc2[nH]1. The van der Waals surface area contributed by atoms with Crippen LogP contribution in [-0.4, -0.2) is 35.0 Å². The average Bonchev–Trinajstić information content (AvgIpc) is 3.08. The molecule has 0 fully saturated rings. The second-order valence-electron chi connectivity index (χ2n) is 6.23. The lowest BCUT2D eigenvalue weighted by molar-refractivity contribution is 0.0941. The number of nitrogens with zero attached hydrogens (tertiary/aromatic N) is 1. The summed E-state index contributed by atoms with van der Waals surface area (Å²) in [6.45, 7) is 0.957. The molecule has 0 aliphatic rings. The minimum Gasteiger partial charge on any atom is -0.348 e. The normalized spacial score (nSPS) is 11.4. The van der Waals surface area contributed by atoms with E-state index in [-0.39, 0.29) is 48.4 Å². The van der Waals surface area contributed by atoms with E-state index in [1.165, 1.54) is 12.1 Å². The summed E-state index contributed by atoms with van der Waals surface area (Å²) in [5, 5.41) is 2.78. The molecule has 0 aliphatic carbocycles. The molecular formula is C19H24Cl2FN5O. The maximum Gasteiger partial charge on any atom is 0.287 e. The van der Waals surface area contributed by atoms with Crippen LogP contribution in [0.15, 0.2) is 42.5 Å². The zero-order valence-corrected chi connectivity index (χ0v) is 16.8. The summed E-state index contributed by atoms with van der Waals surface area (Å²) in [5.41, 5.74) is 14.6. The predicted octanol–water partition coefficient (Wildman–Crippen LogP) is 3.01. The number of hydrogen-bond acceptors (Lipinski definition) is 4. The van der Waals surface area contributed by atoms with Gasteiger partial charge in [0.1, 0.15) is 5.82 Å². The van der Waals surface area contributed by atoms with Gasteiger partial charge in [-0.3, -0.25) is 4.79 Å². The van der Waals surface area contributed by atoms with Crippen molar-refractivity contribution in [1.82, 2.24) is 15.3 Å². The number of H-pyrrole nitrogens is 1. The van der Waals surface area contributed by atoms with Crippen molar-refractivity contribution in [2.24, 2.45) is 11.5 Å². The van der Waals surface area contributed by atoms with E-state index in [1.807, 2.05) is 18.2 Å². The lowest BCUT2D eigenvalue weighted by Crippen LogP contribution is -2.37. The van der Waals surface area contributed by atoms with Crippen molar-refractivity contribution >= 4 is 41.8 Å². The van der Waals surface area contributed by atoms with Gasteiger partial charge in [-0.05, 0) is 54.8 Å². The first kappa shape index (κ1) is 23.8. The fraction of sp³-hybridized carbons (Fsp3) is 0.263. The zero-order chi connectivity index (χ0) is 18.5. The van der Waals surface area contributed by atoms with Gasteiger partial charge in [-0.1, -0.05) is 18.2 Å². The number of benzene rings is 2. The maximum atomic E-state index is 13.1. The molecule has 1 amide bonds. The molecule has 1 unspecified atom stereocenters. The van der Waals surface area contributed by atoms with E-state index in [1.54, 1.807) is 12.1 Å². The highest BCUT2D eigenvalue weighted by molar-refractivity contribution is 5.94. The number of rotatable bonds is 7. The highest BCUT2D eigenvalue weighted by Gasteiger charge is 2.13. The Bertz CT molecular complexity index is 901. The molecule has 3 aromatic rings. The van der Waals surface area contributed by atoms with Crippen molar-refractivity contribution in [3.63, 3.8) is 0 Å². The molecule has 1 heterocycles. The van der Waals surface area contributed by atoms with Crippen LogP contribution in [0.25, 0.3) is 22.2 Å². The summed E-state index contributed by atoms with van der Waals surface area (Å²) in [6, 6.07) is 11.7. The largest absolute Gasteiger partial charge is 0.348 e. The van der Waals surface area contributed by atoms with Crippen molar-refractivity contribution in [2.75, 3.05) is 13.1 Å². The number of nitrogens with two attached hydrogens (primary N) is 2. The molecule has 6 N–H and O–H groups in total. The lowest BCUT2D eigenvalue weighted by atomic mass is 10.1. The van der Waals surface area contributed by atoms with Gasteiger partial charge in [-0.2, -0.15) is 0 Å². The van der Waals surface area contributed by atoms with E-state index in [0.717, 1.165) is 29.5 Å². The van der Waals surface area contributed by atoms with E-state index in [2.05, 4.69) is 15.3 Å². The first-order chi connectivity index (χ1) is 12.6. The van der Waals surface area contributed by atoms with Gasteiger partial charge < -0.3 is 21.8 Å².